The van der Waals surface area contributed by atoms with Crippen molar-refractivity contribution in [2.45, 2.75) is 45.2 Å². The first-order chi connectivity index (χ1) is 5.70. The molecule has 0 aromatic rings. The van der Waals surface area contributed by atoms with Crippen LogP contribution in [0.3, 0.4) is 0 Å². The first-order valence-electron chi connectivity index (χ1n) is 4.49. The van der Waals surface area contributed by atoms with E-state index in [0.717, 1.165) is 19.3 Å². The lowest BCUT2D eigenvalue weighted by atomic mass is 10.2. The van der Waals surface area contributed by atoms with Gasteiger partial charge in [-0.1, -0.05) is 6.92 Å². The third kappa shape index (κ3) is 1.53. The van der Waals surface area contributed by atoms with Crippen molar-refractivity contribution in [3.8, 4) is 0 Å². The highest BCUT2D eigenvalue weighted by atomic mass is 16.2. The predicted molar refractivity (Wildman–Crippen MR) is 47.3 cm³/mol. The highest BCUT2D eigenvalue weighted by Gasteiger charge is 2.32. The fourth-order valence-electron chi connectivity index (χ4n) is 1.91. The van der Waals surface area contributed by atoms with Crippen LogP contribution < -0.4 is 11.3 Å². The van der Waals surface area contributed by atoms with Crippen molar-refractivity contribution in [1.82, 2.24) is 10.3 Å². The molecule has 0 aromatic heterocycles. The number of rotatable bonds is 1. The Morgan fingerprint density at radius 1 is 1.67 bits per heavy atom. The van der Waals surface area contributed by atoms with Crippen LogP contribution in [0.5, 0.6) is 0 Å². The zero-order chi connectivity index (χ0) is 9.14. The molecule has 0 aliphatic carbocycles. The number of carbonyl (C=O) groups is 1. The Morgan fingerprint density at radius 3 is 2.83 bits per heavy atom. The van der Waals surface area contributed by atoms with Crippen LogP contribution in [0, 0.1) is 0 Å². The lowest BCUT2D eigenvalue weighted by Crippen LogP contribution is -2.48. The van der Waals surface area contributed by atoms with Crippen molar-refractivity contribution in [3.05, 3.63) is 0 Å². The molecular formula is C8H17N3O. The number of hydrogen-bond acceptors (Lipinski definition) is 2. The minimum absolute atomic E-state index is 0.146. The van der Waals surface area contributed by atoms with Crippen LogP contribution in [0.1, 0.15) is 33.1 Å². The minimum atomic E-state index is -0.146. The van der Waals surface area contributed by atoms with Crippen molar-refractivity contribution in [2.24, 2.45) is 5.84 Å². The summed E-state index contributed by atoms with van der Waals surface area (Å²) < 4.78 is 0. The third-order valence-corrected chi connectivity index (χ3v) is 2.62. The molecule has 0 bridgehead atoms. The Bertz CT molecular complexity index is 172. The number of carbonyl (C=O) groups excluding carboxylic acids is 1. The van der Waals surface area contributed by atoms with Gasteiger partial charge in [-0.2, -0.15) is 0 Å². The van der Waals surface area contributed by atoms with Crippen LogP contribution in [-0.2, 0) is 0 Å². The second-order valence-corrected chi connectivity index (χ2v) is 3.35. The van der Waals surface area contributed by atoms with Crippen molar-refractivity contribution >= 4 is 6.03 Å². The summed E-state index contributed by atoms with van der Waals surface area (Å²) in [6, 6.07) is 0.564. The molecule has 1 heterocycles. The molecule has 2 amide bonds. The molecule has 0 aromatic carbocycles. The molecule has 12 heavy (non-hydrogen) atoms. The minimum Gasteiger partial charge on any atom is -0.318 e. The van der Waals surface area contributed by atoms with E-state index in [2.05, 4.69) is 19.3 Å². The Labute approximate surface area is 73.1 Å². The second-order valence-electron chi connectivity index (χ2n) is 3.35. The van der Waals surface area contributed by atoms with Crippen LogP contribution in [0.25, 0.3) is 0 Å². The predicted octanol–water partition coefficient (Wildman–Crippen LogP) is 0.833. The number of nitrogens with one attached hydrogen (secondary N) is 1. The largest absolute Gasteiger partial charge is 0.332 e. The van der Waals surface area contributed by atoms with Gasteiger partial charge < -0.3 is 4.90 Å². The summed E-state index contributed by atoms with van der Waals surface area (Å²) in [4.78, 5) is 13.1. The standard InChI is InChI=1S/C8H17N3O/c1-3-7-5-4-6(2)11(7)8(12)10-9/h6-7H,3-5,9H2,1-2H3,(H,10,12). The van der Waals surface area contributed by atoms with E-state index in [1.165, 1.54) is 0 Å². The normalized spacial score (nSPS) is 29.1. The van der Waals surface area contributed by atoms with Crippen LogP contribution in [0.2, 0.25) is 0 Å². The molecule has 2 unspecified atom stereocenters. The van der Waals surface area contributed by atoms with E-state index in [1.54, 1.807) is 0 Å². The summed E-state index contributed by atoms with van der Waals surface area (Å²) in [5, 5.41) is 0. The number of nitrogens with two attached hydrogens (primary N) is 1. The van der Waals surface area contributed by atoms with E-state index in [1.807, 2.05) is 4.90 Å². The third-order valence-electron chi connectivity index (χ3n) is 2.62. The molecule has 1 aliphatic rings. The van der Waals surface area contributed by atoms with Gasteiger partial charge in [-0.05, 0) is 26.2 Å². The second kappa shape index (κ2) is 3.76. The maximum atomic E-state index is 11.3. The number of hydrogen-bond donors (Lipinski definition) is 2. The van der Waals surface area contributed by atoms with E-state index in [0.29, 0.717) is 12.1 Å². The number of nitrogens with zero attached hydrogens (tertiary/aromatic N) is 1. The number of likely N-dealkylation sites (tertiary alicyclic amines) is 1. The maximum Gasteiger partial charge on any atom is 0.332 e. The van der Waals surface area contributed by atoms with Gasteiger partial charge in [0.2, 0.25) is 0 Å². The van der Waals surface area contributed by atoms with Gasteiger partial charge in [-0.3, -0.25) is 5.43 Å². The van der Waals surface area contributed by atoms with Crippen LogP contribution in [0.15, 0.2) is 0 Å². The SMILES string of the molecule is CCC1CCC(C)N1C(=O)NN. The lowest BCUT2D eigenvalue weighted by molar-refractivity contribution is 0.175. The molecule has 1 saturated heterocycles. The summed E-state index contributed by atoms with van der Waals surface area (Å²) in [6.45, 7) is 4.16. The molecule has 0 spiro atoms. The molecule has 3 N–H and O–H groups in total. The fraction of sp³-hybridized carbons (Fsp3) is 0.875. The lowest BCUT2D eigenvalue weighted by Gasteiger charge is -2.26. The average Bonchev–Trinajstić information content (AvgIpc) is 2.45. The Morgan fingerprint density at radius 2 is 2.33 bits per heavy atom. The maximum absolute atomic E-state index is 11.3. The summed E-state index contributed by atoms with van der Waals surface area (Å²) >= 11 is 0. The summed E-state index contributed by atoms with van der Waals surface area (Å²) in [7, 11) is 0. The highest BCUT2D eigenvalue weighted by Crippen LogP contribution is 2.25. The van der Waals surface area contributed by atoms with Gasteiger partial charge >= 0.3 is 6.03 Å². The molecule has 70 valence electrons. The smallest absolute Gasteiger partial charge is 0.318 e. The van der Waals surface area contributed by atoms with Crippen LogP contribution in [0.4, 0.5) is 4.79 Å². The monoisotopic (exact) mass is 171 g/mol. The quantitative estimate of drug-likeness (QED) is 0.349. The molecule has 4 nitrogen and oxygen atoms in total. The molecule has 4 heteroatoms. The molecule has 1 aliphatic heterocycles. The molecule has 1 fully saturated rings. The first-order valence-corrected chi connectivity index (χ1v) is 4.49. The van der Waals surface area contributed by atoms with E-state index in [9.17, 15) is 4.79 Å². The summed E-state index contributed by atoms with van der Waals surface area (Å²) in [6.07, 6.45) is 3.20. The van der Waals surface area contributed by atoms with Gasteiger partial charge in [-0.25, -0.2) is 10.6 Å². The Kier molecular flexibility index (Phi) is 2.92. The Balaban J connectivity index is 2.63. The van der Waals surface area contributed by atoms with E-state index in [4.69, 9.17) is 5.84 Å². The molecular weight excluding hydrogens is 154 g/mol. The van der Waals surface area contributed by atoms with E-state index in [-0.39, 0.29) is 6.03 Å². The molecule has 0 saturated carbocycles. The number of urea groups is 1. The molecule has 2 atom stereocenters. The van der Waals surface area contributed by atoms with Crippen molar-refractivity contribution in [1.29, 1.82) is 0 Å². The fourth-order valence-corrected chi connectivity index (χ4v) is 1.91. The van der Waals surface area contributed by atoms with Crippen molar-refractivity contribution in [2.75, 3.05) is 0 Å². The van der Waals surface area contributed by atoms with Crippen LogP contribution in [-0.4, -0.2) is 23.0 Å². The number of amides is 2. The van der Waals surface area contributed by atoms with E-state index < -0.39 is 0 Å². The summed E-state index contributed by atoms with van der Waals surface area (Å²) in [5.74, 6) is 5.09. The summed E-state index contributed by atoms with van der Waals surface area (Å²) in [5.41, 5.74) is 2.19. The zero-order valence-corrected chi connectivity index (χ0v) is 7.71. The van der Waals surface area contributed by atoms with Crippen LogP contribution >= 0.6 is 0 Å². The zero-order valence-electron chi connectivity index (χ0n) is 7.71. The van der Waals surface area contributed by atoms with Gasteiger partial charge in [-0.15, -0.1) is 0 Å². The molecule has 1 rings (SSSR count). The Hall–Kier alpha value is -0.770. The average molecular weight is 171 g/mol. The van der Waals surface area contributed by atoms with Gasteiger partial charge in [0, 0.05) is 12.1 Å². The van der Waals surface area contributed by atoms with Gasteiger partial charge in [0.15, 0.2) is 0 Å². The van der Waals surface area contributed by atoms with Gasteiger partial charge in [0.25, 0.3) is 0 Å². The highest BCUT2D eigenvalue weighted by molar-refractivity contribution is 5.74. The van der Waals surface area contributed by atoms with Gasteiger partial charge in [0.05, 0.1) is 0 Å². The van der Waals surface area contributed by atoms with Crippen molar-refractivity contribution < 1.29 is 4.79 Å². The first kappa shape index (κ1) is 9.32. The topological polar surface area (TPSA) is 58.4 Å². The van der Waals surface area contributed by atoms with Gasteiger partial charge in [0.1, 0.15) is 0 Å². The van der Waals surface area contributed by atoms with E-state index >= 15 is 0 Å². The number of hydrazine groups is 1. The van der Waals surface area contributed by atoms with Crippen molar-refractivity contribution in [3.63, 3.8) is 0 Å². The molecule has 0 radical (unpaired) electrons.